The summed E-state index contributed by atoms with van der Waals surface area (Å²) < 4.78 is 23.7. The molecule has 0 bridgehead atoms. The highest BCUT2D eigenvalue weighted by Gasteiger charge is 2.27. The molecule has 2 aromatic heterocycles. The fourth-order valence-corrected chi connectivity index (χ4v) is 7.05. The average molecular weight is 579 g/mol. The Bertz CT molecular complexity index is 1490. The van der Waals surface area contributed by atoms with E-state index in [9.17, 15) is 13.2 Å². The van der Waals surface area contributed by atoms with Crippen molar-refractivity contribution >= 4 is 33.5 Å². The number of aromatic amines is 1. The summed E-state index contributed by atoms with van der Waals surface area (Å²) >= 11 is 0. The summed E-state index contributed by atoms with van der Waals surface area (Å²) in [5, 5.41) is 20.5. The maximum Gasteiger partial charge on any atom is 0.315 e. The van der Waals surface area contributed by atoms with Crippen molar-refractivity contribution in [2.24, 2.45) is 0 Å². The zero-order valence-corrected chi connectivity index (χ0v) is 24.1. The number of aromatic nitrogens is 4. The molecule has 218 valence electrons. The Morgan fingerprint density at radius 1 is 0.878 bits per heavy atom. The van der Waals surface area contributed by atoms with Gasteiger partial charge in [-0.3, -0.25) is 5.10 Å². The van der Waals surface area contributed by atoms with Gasteiger partial charge in [0.25, 0.3) is 0 Å². The number of nitrogens with one attached hydrogen (secondary N) is 5. The van der Waals surface area contributed by atoms with Crippen LogP contribution in [0, 0.1) is 0 Å². The van der Waals surface area contributed by atoms with Crippen LogP contribution in [-0.2, 0) is 22.7 Å². The van der Waals surface area contributed by atoms with Gasteiger partial charge in [-0.05, 0) is 80.7 Å². The van der Waals surface area contributed by atoms with Gasteiger partial charge in [0.2, 0.25) is 5.95 Å². The molecule has 0 spiro atoms. The highest BCUT2D eigenvalue weighted by atomic mass is 32.2. The van der Waals surface area contributed by atoms with Gasteiger partial charge in [-0.1, -0.05) is 18.9 Å². The van der Waals surface area contributed by atoms with Gasteiger partial charge in [0.1, 0.15) is 5.82 Å². The van der Waals surface area contributed by atoms with Crippen molar-refractivity contribution in [3.63, 3.8) is 0 Å². The molecule has 41 heavy (non-hydrogen) atoms. The van der Waals surface area contributed by atoms with Gasteiger partial charge in [-0.2, -0.15) is 10.1 Å². The molecule has 0 saturated heterocycles. The topological polar surface area (TPSA) is 154 Å². The summed E-state index contributed by atoms with van der Waals surface area (Å²) in [6.45, 7) is 0. The van der Waals surface area contributed by atoms with Crippen molar-refractivity contribution in [3.05, 3.63) is 53.3 Å². The highest BCUT2D eigenvalue weighted by Crippen LogP contribution is 2.34. The van der Waals surface area contributed by atoms with E-state index >= 15 is 0 Å². The standard InChI is InChI=1S/C29H38N8O3S/c1-41(39,40)24-11-6-19-14-23(15-20(19)16-24)33-29(38)32-22-9-7-21(8-10-22)31-28-30-13-12-26(35-28)34-27-17-25(36-37-27)18-4-2-3-5-18/h6,11-13,16-18,21-23H,2-5,7-10,14-15H2,1H3,(H2,32,33,38)(H3,30,31,34,35,36,37). The van der Waals surface area contributed by atoms with Crippen molar-refractivity contribution in [1.82, 2.24) is 30.8 Å². The first-order chi connectivity index (χ1) is 19.8. The third kappa shape index (κ3) is 6.80. The Morgan fingerprint density at radius 2 is 1.61 bits per heavy atom. The number of sulfone groups is 1. The molecule has 6 rings (SSSR count). The van der Waals surface area contributed by atoms with Gasteiger partial charge in [0, 0.05) is 48.3 Å². The molecule has 5 N–H and O–H groups in total. The molecular weight excluding hydrogens is 540 g/mol. The second-order valence-corrected chi connectivity index (χ2v) is 13.7. The van der Waals surface area contributed by atoms with Crippen LogP contribution in [0.2, 0.25) is 0 Å². The van der Waals surface area contributed by atoms with Crippen LogP contribution >= 0.6 is 0 Å². The van der Waals surface area contributed by atoms with Crippen LogP contribution in [0.1, 0.15) is 74.1 Å². The Morgan fingerprint density at radius 3 is 2.39 bits per heavy atom. The number of nitrogens with zero attached hydrogens (tertiary/aromatic N) is 3. The van der Waals surface area contributed by atoms with Gasteiger partial charge < -0.3 is 21.3 Å². The molecule has 11 nitrogen and oxygen atoms in total. The number of anilines is 3. The van der Waals surface area contributed by atoms with Gasteiger partial charge >= 0.3 is 6.03 Å². The molecule has 2 fully saturated rings. The quantitative estimate of drug-likeness (QED) is 0.267. The predicted octanol–water partition coefficient (Wildman–Crippen LogP) is 4.19. The van der Waals surface area contributed by atoms with Crippen molar-refractivity contribution in [2.45, 2.75) is 93.1 Å². The third-order valence-electron chi connectivity index (χ3n) is 8.57. The molecule has 0 aliphatic heterocycles. The first kappa shape index (κ1) is 27.5. The Hall–Kier alpha value is -3.67. The van der Waals surface area contributed by atoms with Crippen molar-refractivity contribution in [1.29, 1.82) is 0 Å². The molecule has 1 aromatic carbocycles. The molecule has 12 heteroatoms. The zero-order chi connectivity index (χ0) is 28.4. The Balaban J connectivity index is 0.942. The Labute approximate surface area is 240 Å². The summed E-state index contributed by atoms with van der Waals surface area (Å²) in [5.74, 6) is 2.62. The number of fused-ring (bicyclic) bond motifs is 1. The molecule has 0 radical (unpaired) electrons. The molecule has 2 saturated carbocycles. The van der Waals surface area contributed by atoms with E-state index in [1.807, 2.05) is 12.1 Å². The van der Waals surface area contributed by atoms with Crippen molar-refractivity contribution in [3.8, 4) is 0 Å². The first-order valence-electron chi connectivity index (χ1n) is 14.6. The van der Waals surface area contributed by atoms with E-state index in [0.29, 0.717) is 35.4 Å². The van der Waals surface area contributed by atoms with Crippen LogP contribution < -0.4 is 21.3 Å². The minimum absolute atomic E-state index is 0.0355. The lowest BCUT2D eigenvalue weighted by molar-refractivity contribution is 0.228. The average Bonchev–Trinajstić information content (AvgIpc) is 3.70. The predicted molar refractivity (Wildman–Crippen MR) is 157 cm³/mol. The van der Waals surface area contributed by atoms with Crippen LogP contribution in [0.15, 0.2) is 41.4 Å². The highest BCUT2D eigenvalue weighted by molar-refractivity contribution is 7.90. The number of rotatable bonds is 8. The van der Waals surface area contributed by atoms with Crippen molar-refractivity contribution in [2.75, 3.05) is 16.9 Å². The third-order valence-corrected chi connectivity index (χ3v) is 9.68. The molecule has 3 aliphatic rings. The van der Waals surface area contributed by atoms with Crippen LogP contribution in [-0.4, -0.2) is 59.0 Å². The lowest BCUT2D eigenvalue weighted by atomic mass is 9.91. The Kier molecular flexibility index (Phi) is 7.83. The largest absolute Gasteiger partial charge is 0.351 e. The second-order valence-electron chi connectivity index (χ2n) is 11.7. The molecule has 3 aromatic rings. The summed E-state index contributed by atoms with van der Waals surface area (Å²) in [4.78, 5) is 22.1. The minimum atomic E-state index is -3.25. The maximum absolute atomic E-state index is 12.7. The van der Waals surface area contributed by atoms with Gasteiger partial charge in [0.15, 0.2) is 15.7 Å². The summed E-state index contributed by atoms with van der Waals surface area (Å²) in [6.07, 6.45) is 12.8. The number of urea groups is 1. The summed E-state index contributed by atoms with van der Waals surface area (Å²) in [5.41, 5.74) is 3.27. The van der Waals surface area contributed by atoms with Crippen LogP contribution in [0.4, 0.5) is 22.4 Å². The molecular formula is C29H38N8O3S. The number of H-pyrrole nitrogens is 1. The molecule has 1 atom stereocenters. The van der Waals surface area contributed by atoms with Gasteiger partial charge in [0.05, 0.1) is 4.90 Å². The van der Waals surface area contributed by atoms with Crippen LogP contribution in [0.3, 0.4) is 0 Å². The monoisotopic (exact) mass is 578 g/mol. The smallest absolute Gasteiger partial charge is 0.315 e. The van der Waals surface area contributed by atoms with Crippen LogP contribution in [0.5, 0.6) is 0 Å². The lowest BCUT2D eigenvalue weighted by Gasteiger charge is -2.30. The first-order valence-corrected chi connectivity index (χ1v) is 16.5. The number of carbonyl (C=O) groups is 1. The number of amides is 2. The molecule has 2 heterocycles. The normalized spacial score (nSPS) is 22.7. The fourth-order valence-electron chi connectivity index (χ4n) is 6.38. The lowest BCUT2D eigenvalue weighted by Crippen LogP contribution is -2.48. The minimum Gasteiger partial charge on any atom is -0.351 e. The number of hydrogen-bond acceptors (Lipinski definition) is 8. The number of benzene rings is 1. The van der Waals surface area contributed by atoms with E-state index in [-0.39, 0.29) is 24.2 Å². The van der Waals surface area contributed by atoms with E-state index in [4.69, 9.17) is 0 Å². The zero-order valence-electron chi connectivity index (χ0n) is 23.3. The van der Waals surface area contributed by atoms with E-state index in [1.54, 1.807) is 18.3 Å². The molecule has 2 amide bonds. The van der Waals surface area contributed by atoms with Crippen molar-refractivity contribution < 1.29 is 13.2 Å². The summed E-state index contributed by atoms with van der Waals surface area (Å²) in [7, 11) is -3.25. The number of hydrogen-bond donors (Lipinski definition) is 5. The molecule has 3 aliphatic carbocycles. The SMILES string of the molecule is CS(=O)(=O)c1ccc2c(c1)CC(NC(=O)NC1CCC(Nc3nccc(Nc4cc(C5CCCC5)[nH]n4)n3)CC1)C2. The second kappa shape index (κ2) is 11.7. The number of carbonyl (C=O) groups excluding carboxylic acids is 1. The van der Waals surface area contributed by atoms with E-state index < -0.39 is 9.84 Å². The van der Waals surface area contributed by atoms with Gasteiger partial charge in [-0.15, -0.1) is 0 Å². The molecule has 1 unspecified atom stereocenters. The van der Waals surface area contributed by atoms with E-state index in [2.05, 4.69) is 47.5 Å². The fraction of sp³-hybridized carbons (Fsp3) is 0.517. The van der Waals surface area contributed by atoms with Crippen LogP contribution in [0.25, 0.3) is 0 Å². The summed E-state index contributed by atoms with van der Waals surface area (Å²) in [6, 6.07) is 9.29. The maximum atomic E-state index is 12.7. The van der Waals surface area contributed by atoms with E-state index in [1.165, 1.54) is 37.6 Å². The van der Waals surface area contributed by atoms with Gasteiger partial charge in [-0.25, -0.2) is 18.2 Å². The van der Waals surface area contributed by atoms with E-state index in [0.717, 1.165) is 42.6 Å².